The van der Waals surface area contributed by atoms with Crippen LogP contribution in [0.4, 0.5) is 5.69 Å². The van der Waals surface area contributed by atoms with Gasteiger partial charge in [0.15, 0.2) is 0 Å². The first kappa shape index (κ1) is 29.4. The molecular weight excluding hydrogens is 594 g/mol. The van der Waals surface area contributed by atoms with Crippen LogP contribution in [0.3, 0.4) is 0 Å². The van der Waals surface area contributed by atoms with E-state index in [1.54, 1.807) is 0 Å². The SMILES string of the molecule is CC(C)C(=O)Nc1cccc(C2CCN(CCCc3c(-c4ccc(Br)cc4)n(-c4ccccc4)c4ccccc34)CC2)c1. The average molecular weight is 635 g/mol. The smallest absolute Gasteiger partial charge is 0.226 e. The number of carbonyl (C=O) groups excluding carboxylic acids is 1. The molecule has 1 amide bonds. The molecule has 43 heavy (non-hydrogen) atoms. The maximum absolute atomic E-state index is 12.2. The molecule has 5 aromatic rings. The topological polar surface area (TPSA) is 37.3 Å². The Balaban J connectivity index is 1.17. The standard InChI is InChI=1S/C38H40BrN3O/c1-27(2)38(43)40-32-11-8-10-30(26-32)28-21-24-41(25-22-28)23-9-15-35-34-14-6-7-16-36(34)42(33-12-4-3-5-13-33)37(35)29-17-19-31(39)20-18-29/h3-8,10-14,16-20,26-28H,9,15,21-25H2,1-2H3,(H,40,43). The number of amides is 1. The first-order chi connectivity index (χ1) is 21.0. The lowest BCUT2D eigenvalue weighted by Crippen LogP contribution is -2.33. The third-order valence-electron chi connectivity index (χ3n) is 8.75. The number of aromatic nitrogens is 1. The molecule has 1 aliphatic heterocycles. The summed E-state index contributed by atoms with van der Waals surface area (Å²) in [5.74, 6) is 0.592. The molecule has 2 heterocycles. The van der Waals surface area contributed by atoms with Crippen LogP contribution in [0, 0.1) is 5.92 Å². The summed E-state index contributed by atoms with van der Waals surface area (Å²) in [5, 5.41) is 4.40. The summed E-state index contributed by atoms with van der Waals surface area (Å²) >= 11 is 3.63. The van der Waals surface area contributed by atoms with E-state index in [-0.39, 0.29) is 11.8 Å². The second kappa shape index (κ2) is 13.3. The number of benzene rings is 4. The largest absolute Gasteiger partial charge is 0.326 e. The fourth-order valence-corrected chi connectivity index (χ4v) is 6.71. The highest BCUT2D eigenvalue weighted by molar-refractivity contribution is 9.10. The fraction of sp³-hybridized carbons (Fsp3) is 0.289. The molecule has 0 bridgehead atoms. The van der Waals surface area contributed by atoms with Gasteiger partial charge < -0.3 is 14.8 Å². The van der Waals surface area contributed by atoms with Crippen molar-refractivity contribution in [1.29, 1.82) is 0 Å². The van der Waals surface area contributed by atoms with E-state index in [0.29, 0.717) is 5.92 Å². The lowest BCUT2D eigenvalue weighted by atomic mass is 9.89. The Hall–Kier alpha value is -3.67. The Bertz CT molecular complexity index is 1680. The maximum Gasteiger partial charge on any atom is 0.226 e. The molecular formula is C38H40BrN3O. The van der Waals surface area contributed by atoms with Crippen LogP contribution in [0.15, 0.2) is 108 Å². The van der Waals surface area contributed by atoms with E-state index >= 15 is 0 Å². The van der Waals surface area contributed by atoms with Crippen LogP contribution in [0.5, 0.6) is 0 Å². The number of hydrogen-bond donors (Lipinski definition) is 1. The molecule has 4 aromatic carbocycles. The van der Waals surface area contributed by atoms with Gasteiger partial charge >= 0.3 is 0 Å². The van der Waals surface area contributed by atoms with Crippen LogP contribution in [-0.4, -0.2) is 35.0 Å². The first-order valence-corrected chi connectivity index (χ1v) is 16.3. The van der Waals surface area contributed by atoms with Crippen molar-refractivity contribution in [2.24, 2.45) is 5.92 Å². The van der Waals surface area contributed by atoms with Crippen LogP contribution >= 0.6 is 15.9 Å². The minimum Gasteiger partial charge on any atom is -0.326 e. The summed E-state index contributed by atoms with van der Waals surface area (Å²) in [5.41, 5.74) is 8.67. The lowest BCUT2D eigenvalue weighted by Gasteiger charge is -2.32. The van der Waals surface area contributed by atoms with Gasteiger partial charge in [0.25, 0.3) is 0 Å². The van der Waals surface area contributed by atoms with Gasteiger partial charge in [0.05, 0.1) is 11.2 Å². The zero-order chi connectivity index (χ0) is 29.8. The monoisotopic (exact) mass is 633 g/mol. The number of fused-ring (bicyclic) bond motifs is 1. The van der Waals surface area contributed by atoms with Gasteiger partial charge in [-0.25, -0.2) is 0 Å². The van der Waals surface area contributed by atoms with Crippen LogP contribution in [0.25, 0.3) is 27.8 Å². The molecule has 6 rings (SSSR count). The molecule has 1 saturated heterocycles. The zero-order valence-electron chi connectivity index (χ0n) is 25.1. The van der Waals surface area contributed by atoms with E-state index in [2.05, 4.69) is 128 Å². The number of rotatable bonds is 9. The van der Waals surface area contributed by atoms with Crippen molar-refractivity contribution in [2.45, 2.75) is 45.4 Å². The molecule has 5 heteroatoms. The minimum atomic E-state index is -0.0206. The summed E-state index contributed by atoms with van der Waals surface area (Å²) in [6, 6.07) is 36.8. The molecule has 1 N–H and O–H groups in total. The molecule has 1 fully saturated rings. The maximum atomic E-state index is 12.2. The van der Waals surface area contributed by atoms with Crippen molar-refractivity contribution in [3.05, 3.63) is 119 Å². The van der Waals surface area contributed by atoms with Crippen molar-refractivity contribution in [2.75, 3.05) is 25.0 Å². The third-order valence-corrected chi connectivity index (χ3v) is 9.28. The Morgan fingerprint density at radius 1 is 0.884 bits per heavy atom. The summed E-state index contributed by atoms with van der Waals surface area (Å²) in [6.07, 6.45) is 4.45. The van der Waals surface area contributed by atoms with Gasteiger partial charge in [0.2, 0.25) is 5.91 Å². The molecule has 0 aliphatic carbocycles. The predicted octanol–water partition coefficient (Wildman–Crippen LogP) is 9.47. The van der Waals surface area contributed by atoms with Crippen LogP contribution < -0.4 is 5.32 Å². The fourth-order valence-electron chi connectivity index (χ4n) is 6.44. The van der Waals surface area contributed by atoms with Crippen molar-refractivity contribution >= 4 is 38.4 Å². The van der Waals surface area contributed by atoms with Gasteiger partial charge in [0, 0.05) is 27.2 Å². The van der Waals surface area contributed by atoms with Crippen molar-refractivity contribution < 1.29 is 4.79 Å². The number of anilines is 1. The van der Waals surface area contributed by atoms with Gasteiger partial charge in [-0.15, -0.1) is 0 Å². The highest BCUT2D eigenvalue weighted by Crippen LogP contribution is 2.38. The van der Waals surface area contributed by atoms with E-state index in [4.69, 9.17) is 0 Å². The third kappa shape index (κ3) is 6.63. The van der Waals surface area contributed by atoms with Crippen molar-refractivity contribution in [1.82, 2.24) is 9.47 Å². The average Bonchev–Trinajstić information content (AvgIpc) is 3.36. The second-order valence-electron chi connectivity index (χ2n) is 12.0. The predicted molar refractivity (Wildman–Crippen MR) is 183 cm³/mol. The lowest BCUT2D eigenvalue weighted by molar-refractivity contribution is -0.118. The molecule has 0 saturated carbocycles. The van der Waals surface area contributed by atoms with E-state index in [0.717, 1.165) is 55.5 Å². The molecule has 0 radical (unpaired) electrons. The number of carbonyl (C=O) groups is 1. The normalized spacial score (nSPS) is 14.4. The number of aryl methyl sites for hydroxylation is 1. The van der Waals surface area contributed by atoms with Gasteiger partial charge in [-0.2, -0.15) is 0 Å². The number of halogens is 1. The molecule has 220 valence electrons. The van der Waals surface area contributed by atoms with E-state index in [1.165, 1.54) is 39.0 Å². The molecule has 0 spiro atoms. The van der Waals surface area contributed by atoms with E-state index in [1.807, 2.05) is 19.9 Å². The molecule has 4 nitrogen and oxygen atoms in total. The first-order valence-electron chi connectivity index (χ1n) is 15.5. The van der Waals surface area contributed by atoms with E-state index in [9.17, 15) is 4.79 Å². The zero-order valence-corrected chi connectivity index (χ0v) is 26.7. The van der Waals surface area contributed by atoms with Gasteiger partial charge in [-0.1, -0.05) is 90.4 Å². The van der Waals surface area contributed by atoms with Gasteiger partial charge in [0.1, 0.15) is 0 Å². The van der Waals surface area contributed by atoms with Crippen molar-refractivity contribution in [3.8, 4) is 16.9 Å². The Labute approximate surface area is 263 Å². The summed E-state index contributed by atoms with van der Waals surface area (Å²) < 4.78 is 3.53. The highest BCUT2D eigenvalue weighted by atomic mass is 79.9. The number of piperidine rings is 1. The molecule has 0 unspecified atom stereocenters. The van der Waals surface area contributed by atoms with Crippen LogP contribution in [-0.2, 0) is 11.2 Å². The highest BCUT2D eigenvalue weighted by Gasteiger charge is 2.23. The van der Waals surface area contributed by atoms with Crippen LogP contribution in [0.1, 0.15) is 50.2 Å². The molecule has 1 aromatic heterocycles. The Kier molecular flexibility index (Phi) is 9.11. The molecule has 1 aliphatic rings. The Morgan fingerprint density at radius 3 is 2.35 bits per heavy atom. The number of nitrogens with zero attached hydrogens (tertiary/aromatic N) is 2. The summed E-state index contributed by atoms with van der Waals surface area (Å²) in [7, 11) is 0. The van der Waals surface area contributed by atoms with Crippen molar-refractivity contribution in [3.63, 3.8) is 0 Å². The number of nitrogens with one attached hydrogen (secondary N) is 1. The van der Waals surface area contributed by atoms with Gasteiger partial charge in [-0.3, -0.25) is 4.79 Å². The van der Waals surface area contributed by atoms with Crippen LogP contribution in [0.2, 0.25) is 0 Å². The number of likely N-dealkylation sites (tertiary alicyclic amines) is 1. The molecule has 0 atom stereocenters. The van der Waals surface area contributed by atoms with E-state index < -0.39 is 0 Å². The second-order valence-corrected chi connectivity index (χ2v) is 12.9. The quantitative estimate of drug-likeness (QED) is 0.175. The number of para-hydroxylation sites is 2. The Morgan fingerprint density at radius 2 is 1.60 bits per heavy atom. The number of hydrogen-bond acceptors (Lipinski definition) is 2. The minimum absolute atomic E-state index is 0.0206. The summed E-state index contributed by atoms with van der Waals surface area (Å²) in [4.78, 5) is 14.8. The van der Waals surface area contributed by atoms with Gasteiger partial charge in [-0.05, 0) is 110 Å². The summed E-state index contributed by atoms with van der Waals surface area (Å²) in [6.45, 7) is 7.18.